The van der Waals surface area contributed by atoms with Gasteiger partial charge in [0, 0.05) is 24.8 Å². The first kappa shape index (κ1) is 12.6. The Labute approximate surface area is 95.2 Å². The number of nitrogens with one attached hydrogen (secondary N) is 1. The topological polar surface area (TPSA) is 76.7 Å². The summed E-state index contributed by atoms with van der Waals surface area (Å²) in [5.41, 5.74) is 6.16. The molecule has 0 fully saturated rings. The lowest BCUT2D eigenvalue weighted by Crippen LogP contribution is -2.27. The van der Waals surface area contributed by atoms with Crippen LogP contribution >= 0.6 is 0 Å². The SMILES string of the molecule is COc1ccc(NCC(O)CN)cc1OC. The zero-order valence-electron chi connectivity index (χ0n) is 9.56. The number of rotatable bonds is 6. The molecule has 0 aliphatic heterocycles. The maximum Gasteiger partial charge on any atom is 0.162 e. The second-order valence-corrected chi connectivity index (χ2v) is 3.34. The molecule has 0 heterocycles. The Bertz CT molecular complexity index is 331. The Morgan fingerprint density at radius 2 is 2.00 bits per heavy atom. The van der Waals surface area contributed by atoms with Crippen LogP contribution in [-0.2, 0) is 0 Å². The molecule has 0 bridgehead atoms. The van der Waals surface area contributed by atoms with Gasteiger partial charge in [0.25, 0.3) is 0 Å². The van der Waals surface area contributed by atoms with Crippen molar-refractivity contribution in [1.82, 2.24) is 0 Å². The molecule has 1 atom stereocenters. The number of hydrogen-bond donors (Lipinski definition) is 3. The highest BCUT2D eigenvalue weighted by Crippen LogP contribution is 2.29. The Balaban J connectivity index is 2.67. The summed E-state index contributed by atoms with van der Waals surface area (Å²) in [7, 11) is 3.17. The molecule has 16 heavy (non-hydrogen) atoms. The molecular weight excluding hydrogens is 208 g/mol. The monoisotopic (exact) mass is 226 g/mol. The van der Waals surface area contributed by atoms with E-state index in [4.69, 9.17) is 15.2 Å². The first-order valence-electron chi connectivity index (χ1n) is 5.05. The number of aliphatic hydroxyl groups excluding tert-OH is 1. The summed E-state index contributed by atoms with van der Waals surface area (Å²) in [6.07, 6.45) is -0.548. The molecule has 0 aliphatic rings. The fourth-order valence-corrected chi connectivity index (χ4v) is 1.27. The lowest BCUT2D eigenvalue weighted by Gasteiger charge is -2.13. The highest BCUT2D eigenvalue weighted by molar-refractivity contribution is 5.54. The minimum Gasteiger partial charge on any atom is -0.493 e. The molecule has 0 spiro atoms. The van der Waals surface area contributed by atoms with Crippen molar-refractivity contribution in [2.75, 3.05) is 32.6 Å². The van der Waals surface area contributed by atoms with E-state index in [0.29, 0.717) is 18.0 Å². The van der Waals surface area contributed by atoms with Crippen molar-refractivity contribution < 1.29 is 14.6 Å². The first-order chi connectivity index (χ1) is 7.71. The van der Waals surface area contributed by atoms with Gasteiger partial charge < -0.3 is 25.6 Å². The van der Waals surface area contributed by atoms with E-state index in [-0.39, 0.29) is 6.54 Å². The highest BCUT2D eigenvalue weighted by Gasteiger charge is 2.05. The minimum atomic E-state index is -0.548. The smallest absolute Gasteiger partial charge is 0.162 e. The lowest BCUT2D eigenvalue weighted by molar-refractivity contribution is 0.196. The Morgan fingerprint density at radius 3 is 2.56 bits per heavy atom. The average molecular weight is 226 g/mol. The standard InChI is InChI=1S/C11H18N2O3/c1-15-10-4-3-8(5-11(10)16-2)13-7-9(14)6-12/h3-5,9,13-14H,6-7,12H2,1-2H3. The Kier molecular flexibility index (Phi) is 4.88. The van der Waals surface area contributed by atoms with E-state index in [1.54, 1.807) is 20.3 Å². The third kappa shape index (κ3) is 3.29. The zero-order chi connectivity index (χ0) is 12.0. The van der Waals surface area contributed by atoms with Gasteiger partial charge in [0.1, 0.15) is 0 Å². The summed E-state index contributed by atoms with van der Waals surface area (Å²) < 4.78 is 10.3. The van der Waals surface area contributed by atoms with Gasteiger partial charge in [-0.15, -0.1) is 0 Å². The summed E-state index contributed by atoms with van der Waals surface area (Å²) in [5, 5.41) is 12.4. The van der Waals surface area contributed by atoms with E-state index in [1.165, 1.54) is 0 Å². The molecule has 1 rings (SSSR count). The number of nitrogens with two attached hydrogens (primary N) is 1. The van der Waals surface area contributed by atoms with Gasteiger partial charge in [-0.1, -0.05) is 0 Å². The van der Waals surface area contributed by atoms with Crippen LogP contribution in [0.1, 0.15) is 0 Å². The number of hydrogen-bond acceptors (Lipinski definition) is 5. The van der Waals surface area contributed by atoms with Crippen LogP contribution in [0.15, 0.2) is 18.2 Å². The van der Waals surface area contributed by atoms with Crippen LogP contribution in [0.25, 0.3) is 0 Å². The van der Waals surface area contributed by atoms with E-state index in [1.807, 2.05) is 12.1 Å². The number of methoxy groups -OCH3 is 2. The van der Waals surface area contributed by atoms with Crippen LogP contribution in [0.2, 0.25) is 0 Å². The molecule has 1 unspecified atom stereocenters. The molecule has 4 N–H and O–H groups in total. The first-order valence-corrected chi connectivity index (χ1v) is 5.05. The van der Waals surface area contributed by atoms with Gasteiger partial charge in [0.05, 0.1) is 20.3 Å². The molecule has 0 amide bonds. The van der Waals surface area contributed by atoms with E-state index < -0.39 is 6.10 Å². The van der Waals surface area contributed by atoms with Gasteiger partial charge >= 0.3 is 0 Å². The number of anilines is 1. The number of ether oxygens (including phenoxy) is 2. The molecular formula is C11H18N2O3. The van der Waals surface area contributed by atoms with Crippen LogP contribution in [0, 0.1) is 0 Å². The van der Waals surface area contributed by atoms with Crippen LogP contribution in [-0.4, -0.2) is 38.5 Å². The summed E-state index contributed by atoms with van der Waals surface area (Å²) in [6, 6.07) is 5.46. The fourth-order valence-electron chi connectivity index (χ4n) is 1.27. The minimum absolute atomic E-state index is 0.236. The molecule has 0 aliphatic carbocycles. The van der Waals surface area contributed by atoms with Crippen molar-refractivity contribution in [1.29, 1.82) is 0 Å². The molecule has 5 nitrogen and oxygen atoms in total. The van der Waals surface area contributed by atoms with Crippen molar-refractivity contribution >= 4 is 5.69 Å². The number of aliphatic hydroxyl groups is 1. The second-order valence-electron chi connectivity index (χ2n) is 3.34. The normalized spacial score (nSPS) is 12.0. The van der Waals surface area contributed by atoms with E-state index in [0.717, 1.165) is 5.69 Å². The second kappa shape index (κ2) is 6.19. The fraction of sp³-hybridized carbons (Fsp3) is 0.455. The van der Waals surface area contributed by atoms with Gasteiger partial charge in [0.15, 0.2) is 11.5 Å². The third-order valence-electron chi connectivity index (χ3n) is 2.20. The highest BCUT2D eigenvalue weighted by atomic mass is 16.5. The van der Waals surface area contributed by atoms with Crippen molar-refractivity contribution in [3.05, 3.63) is 18.2 Å². The van der Waals surface area contributed by atoms with Crippen molar-refractivity contribution in [2.24, 2.45) is 5.73 Å². The average Bonchev–Trinajstić information content (AvgIpc) is 2.35. The predicted octanol–water partition coefficient (Wildman–Crippen LogP) is 0.435. The molecule has 0 radical (unpaired) electrons. The summed E-state index contributed by atoms with van der Waals surface area (Å²) in [4.78, 5) is 0. The molecule has 1 aromatic rings. The van der Waals surface area contributed by atoms with Gasteiger partial charge in [0.2, 0.25) is 0 Å². The summed E-state index contributed by atoms with van der Waals surface area (Å²) in [5.74, 6) is 1.32. The quantitative estimate of drug-likeness (QED) is 0.656. The van der Waals surface area contributed by atoms with Crippen LogP contribution in [0.5, 0.6) is 11.5 Å². The largest absolute Gasteiger partial charge is 0.493 e. The van der Waals surface area contributed by atoms with Gasteiger partial charge in [-0.3, -0.25) is 0 Å². The lowest BCUT2D eigenvalue weighted by atomic mass is 10.2. The van der Waals surface area contributed by atoms with Gasteiger partial charge in [-0.05, 0) is 12.1 Å². The summed E-state index contributed by atoms with van der Waals surface area (Å²) in [6.45, 7) is 0.645. The van der Waals surface area contributed by atoms with Crippen LogP contribution < -0.4 is 20.5 Å². The van der Waals surface area contributed by atoms with Gasteiger partial charge in [-0.2, -0.15) is 0 Å². The zero-order valence-corrected chi connectivity index (χ0v) is 9.56. The van der Waals surface area contributed by atoms with E-state index >= 15 is 0 Å². The maximum atomic E-state index is 9.30. The Hall–Kier alpha value is -1.46. The number of benzene rings is 1. The molecule has 0 aromatic heterocycles. The molecule has 0 saturated heterocycles. The van der Waals surface area contributed by atoms with Crippen LogP contribution in [0.3, 0.4) is 0 Å². The maximum absolute atomic E-state index is 9.30. The molecule has 1 aromatic carbocycles. The van der Waals surface area contributed by atoms with Crippen molar-refractivity contribution in [3.63, 3.8) is 0 Å². The van der Waals surface area contributed by atoms with Crippen molar-refractivity contribution in [2.45, 2.75) is 6.10 Å². The predicted molar refractivity (Wildman–Crippen MR) is 63.1 cm³/mol. The van der Waals surface area contributed by atoms with E-state index in [9.17, 15) is 5.11 Å². The molecule has 5 heteroatoms. The van der Waals surface area contributed by atoms with Crippen molar-refractivity contribution in [3.8, 4) is 11.5 Å². The van der Waals surface area contributed by atoms with Gasteiger partial charge in [-0.25, -0.2) is 0 Å². The van der Waals surface area contributed by atoms with Crippen LogP contribution in [0.4, 0.5) is 5.69 Å². The summed E-state index contributed by atoms with van der Waals surface area (Å²) >= 11 is 0. The molecule has 90 valence electrons. The molecule has 0 saturated carbocycles. The Morgan fingerprint density at radius 1 is 1.31 bits per heavy atom. The van der Waals surface area contributed by atoms with E-state index in [2.05, 4.69) is 5.32 Å². The third-order valence-corrected chi connectivity index (χ3v) is 2.20.